The predicted molar refractivity (Wildman–Crippen MR) is 118 cm³/mol. The molecule has 1 amide bonds. The van der Waals surface area contributed by atoms with E-state index in [0.29, 0.717) is 23.3 Å². The highest BCUT2D eigenvalue weighted by molar-refractivity contribution is 5.79. The Bertz CT molecular complexity index is 1090. The average molecular weight is 436 g/mol. The first kappa shape index (κ1) is 20.6. The van der Waals surface area contributed by atoms with Gasteiger partial charge < -0.3 is 14.7 Å². The van der Waals surface area contributed by atoms with E-state index in [1.807, 2.05) is 12.1 Å². The van der Waals surface area contributed by atoms with Crippen molar-refractivity contribution in [2.75, 3.05) is 18.0 Å². The van der Waals surface area contributed by atoms with Gasteiger partial charge in [-0.05, 0) is 49.9 Å². The molecular formula is C24H26FN5O2. The molecule has 1 aromatic carbocycles. The third kappa shape index (κ3) is 4.35. The number of halogens is 1. The molecule has 0 radical (unpaired) electrons. The molecule has 2 aromatic heterocycles. The first-order valence-corrected chi connectivity index (χ1v) is 11.3. The van der Waals surface area contributed by atoms with Gasteiger partial charge in [-0.1, -0.05) is 30.1 Å². The van der Waals surface area contributed by atoms with Crippen molar-refractivity contribution in [3.63, 3.8) is 0 Å². The van der Waals surface area contributed by atoms with Gasteiger partial charge in [-0.2, -0.15) is 4.98 Å². The van der Waals surface area contributed by atoms with E-state index in [1.54, 1.807) is 18.3 Å². The Labute approximate surface area is 186 Å². The second-order valence-electron chi connectivity index (χ2n) is 8.56. The van der Waals surface area contributed by atoms with Gasteiger partial charge in [-0.15, -0.1) is 0 Å². The van der Waals surface area contributed by atoms with E-state index in [9.17, 15) is 9.18 Å². The fourth-order valence-corrected chi connectivity index (χ4v) is 4.64. The Kier molecular flexibility index (Phi) is 5.83. The van der Waals surface area contributed by atoms with Crippen LogP contribution in [0.5, 0.6) is 0 Å². The molecule has 2 aliphatic rings. The number of nitrogens with zero attached hydrogens (tertiary/aromatic N) is 4. The Morgan fingerprint density at radius 2 is 1.91 bits per heavy atom. The second-order valence-corrected chi connectivity index (χ2v) is 8.56. The zero-order valence-corrected chi connectivity index (χ0v) is 17.8. The highest BCUT2D eigenvalue weighted by Crippen LogP contribution is 2.32. The van der Waals surface area contributed by atoms with Crippen LogP contribution in [0, 0.1) is 11.7 Å². The van der Waals surface area contributed by atoms with Gasteiger partial charge in [0.1, 0.15) is 11.6 Å². The van der Waals surface area contributed by atoms with Crippen LogP contribution in [0.25, 0.3) is 22.8 Å². The molecular weight excluding hydrogens is 409 g/mol. The number of aromatic nitrogens is 3. The molecule has 2 fully saturated rings. The molecule has 1 saturated heterocycles. The molecule has 0 atom stereocenters. The zero-order valence-electron chi connectivity index (χ0n) is 17.8. The molecule has 0 spiro atoms. The van der Waals surface area contributed by atoms with Crippen LogP contribution in [-0.2, 0) is 4.79 Å². The summed E-state index contributed by atoms with van der Waals surface area (Å²) in [4.78, 5) is 23.8. The number of hydrogen-bond donors (Lipinski definition) is 1. The molecule has 0 unspecified atom stereocenters. The molecule has 1 N–H and O–H groups in total. The summed E-state index contributed by atoms with van der Waals surface area (Å²) in [5.74, 6) is 1.31. The van der Waals surface area contributed by atoms with E-state index in [-0.39, 0.29) is 17.6 Å². The average Bonchev–Trinajstić information content (AvgIpc) is 3.52. The lowest BCUT2D eigenvalue weighted by atomic mass is 9.95. The van der Waals surface area contributed by atoms with Gasteiger partial charge in [0.25, 0.3) is 5.89 Å². The lowest BCUT2D eigenvalue weighted by Gasteiger charge is -2.33. The number of anilines is 1. The van der Waals surface area contributed by atoms with Crippen molar-refractivity contribution in [1.82, 2.24) is 20.4 Å². The Hall–Kier alpha value is -3.29. The van der Waals surface area contributed by atoms with Crippen molar-refractivity contribution in [3.8, 4) is 22.8 Å². The molecule has 1 aliphatic carbocycles. The minimum absolute atomic E-state index is 0.0435. The van der Waals surface area contributed by atoms with E-state index in [2.05, 4.69) is 25.3 Å². The third-order valence-electron chi connectivity index (χ3n) is 6.39. The number of hydrogen-bond acceptors (Lipinski definition) is 6. The minimum atomic E-state index is -0.351. The molecule has 166 valence electrons. The normalized spacial score (nSPS) is 17.6. The van der Waals surface area contributed by atoms with Gasteiger partial charge >= 0.3 is 0 Å². The van der Waals surface area contributed by atoms with Crippen molar-refractivity contribution in [3.05, 3.63) is 48.4 Å². The number of carbonyl (C=O) groups excluding carboxylic acids is 1. The van der Waals surface area contributed by atoms with Gasteiger partial charge in [0.2, 0.25) is 11.7 Å². The van der Waals surface area contributed by atoms with Crippen molar-refractivity contribution >= 4 is 11.7 Å². The third-order valence-corrected chi connectivity index (χ3v) is 6.39. The van der Waals surface area contributed by atoms with Gasteiger partial charge in [-0.25, -0.2) is 9.37 Å². The highest BCUT2D eigenvalue weighted by Gasteiger charge is 2.29. The number of pyridine rings is 1. The van der Waals surface area contributed by atoms with Crippen LogP contribution >= 0.6 is 0 Å². The quantitative estimate of drug-likeness (QED) is 0.646. The molecule has 3 aromatic rings. The summed E-state index contributed by atoms with van der Waals surface area (Å²) in [5.41, 5.74) is 1.29. The summed E-state index contributed by atoms with van der Waals surface area (Å²) >= 11 is 0. The van der Waals surface area contributed by atoms with Gasteiger partial charge in [0.05, 0.1) is 5.56 Å². The summed E-state index contributed by atoms with van der Waals surface area (Å²) in [7, 11) is 0. The first-order chi connectivity index (χ1) is 15.7. The standard InChI is InChI=1S/C24H26FN5O2/c25-18-6-3-5-17(15-18)21-28-24(32-29-21)20-9-4-12-26-22(20)30-13-10-16(11-14-30)23(31)27-19-7-1-2-8-19/h3-6,9,12,15-16,19H,1-2,7-8,10-11,13-14H2,(H,27,31). The fraction of sp³-hybridized carbons (Fsp3) is 0.417. The van der Waals surface area contributed by atoms with Crippen LogP contribution in [0.3, 0.4) is 0 Å². The fourth-order valence-electron chi connectivity index (χ4n) is 4.64. The Balaban J connectivity index is 1.29. The Morgan fingerprint density at radius 1 is 1.09 bits per heavy atom. The number of amides is 1. The van der Waals surface area contributed by atoms with Crippen LogP contribution in [0.15, 0.2) is 47.1 Å². The zero-order chi connectivity index (χ0) is 21.9. The van der Waals surface area contributed by atoms with Crippen molar-refractivity contribution in [2.45, 2.75) is 44.6 Å². The van der Waals surface area contributed by atoms with Crippen LogP contribution < -0.4 is 10.2 Å². The monoisotopic (exact) mass is 435 g/mol. The van der Waals surface area contributed by atoms with E-state index < -0.39 is 0 Å². The summed E-state index contributed by atoms with van der Waals surface area (Å²) in [6, 6.07) is 10.2. The number of rotatable bonds is 5. The second kappa shape index (κ2) is 9.06. The summed E-state index contributed by atoms with van der Waals surface area (Å²) in [6.45, 7) is 1.47. The molecule has 0 bridgehead atoms. The van der Waals surface area contributed by atoms with Crippen molar-refractivity contribution < 1.29 is 13.7 Å². The van der Waals surface area contributed by atoms with Crippen LogP contribution in [0.1, 0.15) is 38.5 Å². The topological polar surface area (TPSA) is 84.2 Å². The van der Waals surface area contributed by atoms with Gasteiger partial charge in [0.15, 0.2) is 0 Å². The summed E-state index contributed by atoms with van der Waals surface area (Å²) in [5, 5.41) is 7.25. The first-order valence-electron chi connectivity index (χ1n) is 11.3. The number of benzene rings is 1. The van der Waals surface area contributed by atoms with E-state index in [1.165, 1.54) is 25.0 Å². The van der Waals surface area contributed by atoms with Crippen LogP contribution in [-0.4, -0.2) is 40.2 Å². The summed E-state index contributed by atoms with van der Waals surface area (Å²) in [6.07, 6.45) is 7.93. The van der Waals surface area contributed by atoms with E-state index in [4.69, 9.17) is 4.52 Å². The summed E-state index contributed by atoms with van der Waals surface area (Å²) < 4.78 is 19.1. The SMILES string of the molecule is O=C(NC1CCCC1)C1CCN(c2ncccc2-c2nc(-c3cccc(F)c3)no2)CC1. The number of carbonyl (C=O) groups is 1. The van der Waals surface area contributed by atoms with Crippen LogP contribution in [0.2, 0.25) is 0 Å². The molecule has 3 heterocycles. The maximum Gasteiger partial charge on any atom is 0.261 e. The number of piperidine rings is 1. The molecule has 1 aliphatic heterocycles. The van der Waals surface area contributed by atoms with E-state index in [0.717, 1.165) is 50.2 Å². The lowest BCUT2D eigenvalue weighted by Crippen LogP contribution is -2.43. The lowest BCUT2D eigenvalue weighted by molar-refractivity contribution is -0.126. The van der Waals surface area contributed by atoms with Crippen LogP contribution in [0.4, 0.5) is 10.2 Å². The highest BCUT2D eigenvalue weighted by atomic mass is 19.1. The van der Waals surface area contributed by atoms with E-state index >= 15 is 0 Å². The van der Waals surface area contributed by atoms with Crippen molar-refractivity contribution in [1.29, 1.82) is 0 Å². The van der Waals surface area contributed by atoms with Gasteiger partial charge in [0, 0.05) is 36.8 Å². The maximum absolute atomic E-state index is 13.6. The predicted octanol–water partition coefficient (Wildman–Crippen LogP) is 4.21. The van der Waals surface area contributed by atoms with Crippen molar-refractivity contribution in [2.24, 2.45) is 5.92 Å². The Morgan fingerprint density at radius 3 is 2.69 bits per heavy atom. The smallest absolute Gasteiger partial charge is 0.261 e. The molecule has 7 nitrogen and oxygen atoms in total. The minimum Gasteiger partial charge on any atom is -0.356 e. The number of nitrogens with one attached hydrogen (secondary N) is 1. The molecule has 1 saturated carbocycles. The maximum atomic E-state index is 13.6. The molecule has 8 heteroatoms. The molecule has 32 heavy (non-hydrogen) atoms. The molecule has 5 rings (SSSR count). The largest absolute Gasteiger partial charge is 0.356 e. The van der Waals surface area contributed by atoms with Gasteiger partial charge in [-0.3, -0.25) is 4.79 Å².